The lowest BCUT2D eigenvalue weighted by molar-refractivity contribution is 0.691. The van der Waals surface area contributed by atoms with Crippen LogP contribution in [0.4, 0.5) is 0 Å². The lowest BCUT2D eigenvalue weighted by Gasteiger charge is -2.08. The van der Waals surface area contributed by atoms with E-state index in [1.165, 1.54) is 16.7 Å². The third kappa shape index (κ3) is 3.92. The number of hydrogen-bond donors (Lipinski definition) is 1. The van der Waals surface area contributed by atoms with Crippen LogP contribution in [0.25, 0.3) is 0 Å². The first-order valence-corrected chi connectivity index (χ1v) is 6.93. The van der Waals surface area contributed by atoms with E-state index in [4.69, 9.17) is 5.26 Å². The Morgan fingerprint density at radius 2 is 1.84 bits per heavy atom. The van der Waals surface area contributed by atoms with Gasteiger partial charge in [0.2, 0.25) is 0 Å². The Morgan fingerprint density at radius 3 is 2.47 bits per heavy atom. The van der Waals surface area contributed by atoms with Gasteiger partial charge < -0.3 is 5.32 Å². The van der Waals surface area contributed by atoms with Crippen molar-refractivity contribution in [2.75, 3.05) is 0 Å². The van der Waals surface area contributed by atoms with Gasteiger partial charge in [-0.2, -0.15) is 5.26 Å². The molecule has 0 aliphatic heterocycles. The van der Waals surface area contributed by atoms with E-state index in [1.807, 2.05) is 24.3 Å². The number of nitrogens with one attached hydrogen (secondary N) is 1. The summed E-state index contributed by atoms with van der Waals surface area (Å²) in [6, 6.07) is 16.1. The minimum atomic E-state index is 0.699. The fourth-order valence-electron chi connectivity index (χ4n) is 1.83. The van der Waals surface area contributed by atoms with Crippen molar-refractivity contribution in [3.05, 3.63) is 69.2 Å². The number of aryl methyl sites for hydroxylation is 1. The van der Waals surface area contributed by atoms with Crippen molar-refractivity contribution in [2.45, 2.75) is 20.0 Å². The van der Waals surface area contributed by atoms with Crippen LogP contribution in [-0.2, 0) is 13.1 Å². The molecule has 0 radical (unpaired) electrons. The summed E-state index contributed by atoms with van der Waals surface area (Å²) in [4.78, 5) is 0. The Balaban J connectivity index is 1.91. The fourth-order valence-corrected chi connectivity index (χ4v) is 2.47. The van der Waals surface area contributed by atoms with Crippen molar-refractivity contribution < 1.29 is 0 Å². The van der Waals surface area contributed by atoms with Gasteiger partial charge in [0.1, 0.15) is 0 Å². The zero-order valence-corrected chi connectivity index (χ0v) is 12.4. The maximum atomic E-state index is 8.74. The number of hydrogen-bond acceptors (Lipinski definition) is 2. The van der Waals surface area contributed by atoms with Gasteiger partial charge in [-0.3, -0.25) is 0 Å². The molecule has 2 aromatic rings. The normalized spacial score (nSPS) is 10.2. The maximum Gasteiger partial charge on any atom is 0.0991 e. The molecule has 3 heteroatoms. The van der Waals surface area contributed by atoms with Crippen LogP contribution in [-0.4, -0.2) is 0 Å². The highest BCUT2D eigenvalue weighted by molar-refractivity contribution is 9.10. The van der Waals surface area contributed by atoms with Gasteiger partial charge in [0, 0.05) is 17.6 Å². The molecule has 0 atom stereocenters. The van der Waals surface area contributed by atoms with Crippen molar-refractivity contribution in [1.82, 2.24) is 5.32 Å². The second kappa shape index (κ2) is 6.51. The second-order valence-electron chi connectivity index (χ2n) is 4.51. The van der Waals surface area contributed by atoms with Crippen molar-refractivity contribution in [3.63, 3.8) is 0 Å². The van der Waals surface area contributed by atoms with E-state index >= 15 is 0 Å². The van der Waals surface area contributed by atoms with Gasteiger partial charge in [0.05, 0.1) is 11.6 Å². The summed E-state index contributed by atoms with van der Waals surface area (Å²) < 4.78 is 1.14. The Kier molecular flexibility index (Phi) is 4.73. The molecule has 0 spiro atoms. The third-order valence-electron chi connectivity index (χ3n) is 2.94. The molecule has 0 saturated carbocycles. The standard InChI is InChI=1S/C16H15BrN2/c1-12-2-7-15(16(17)8-12)11-19-10-14-5-3-13(9-18)4-6-14/h2-8,19H,10-11H2,1H3. The van der Waals surface area contributed by atoms with Crippen LogP contribution in [0.5, 0.6) is 0 Å². The fraction of sp³-hybridized carbons (Fsp3) is 0.188. The Morgan fingerprint density at radius 1 is 1.11 bits per heavy atom. The zero-order valence-electron chi connectivity index (χ0n) is 10.8. The third-order valence-corrected chi connectivity index (χ3v) is 3.67. The smallest absolute Gasteiger partial charge is 0.0991 e. The predicted molar refractivity (Wildman–Crippen MR) is 80.6 cm³/mol. The molecule has 0 fully saturated rings. The molecule has 1 N–H and O–H groups in total. The van der Waals surface area contributed by atoms with Crippen molar-refractivity contribution in [2.24, 2.45) is 0 Å². The molecular weight excluding hydrogens is 300 g/mol. The molecule has 0 aliphatic carbocycles. The molecule has 0 aromatic heterocycles. The maximum absolute atomic E-state index is 8.74. The predicted octanol–water partition coefficient (Wildman–Crippen LogP) is 3.92. The first-order valence-electron chi connectivity index (χ1n) is 6.14. The van der Waals surface area contributed by atoms with E-state index in [-0.39, 0.29) is 0 Å². The van der Waals surface area contributed by atoms with Crippen LogP contribution in [0, 0.1) is 18.3 Å². The van der Waals surface area contributed by atoms with E-state index in [2.05, 4.69) is 52.4 Å². The summed E-state index contributed by atoms with van der Waals surface area (Å²) in [6.45, 7) is 3.70. The minimum Gasteiger partial charge on any atom is -0.309 e. The van der Waals surface area contributed by atoms with Gasteiger partial charge in [-0.1, -0.05) is 40.2 Å². The second-order valence-corrected chi connectivity index (χ2v) is 5.36. The molecule has 0 unspecified atom stereocenters. The topological polar surface area (TPSA) is 35.8 Å². The molecule has 19 heavy (non-hydrogen) atoms. The molecule has 0 bridgehead atoms. The van der Waals surface area contributed by atoms with E-state index in [1.54, 1.807) is 0 Å². The largest absolute Gasteiger partial charge is 0.309 e. The van der Waals surface area contributed by atoms with Crippen LogP contribution in [0.15, 0.2) is 46.9 Å². The lowest BCUT2D eigenvalue weighted by atomic mass is 10.1. The highest BCUT2D eigenvalue weighted by atomic mass is 79.9. The number of halogens is 1. The number of benzene rings is 2. The molecule has 0 aliphatic rings. The molecular formula is C16H15BrN2. The monoisotopic (exact) mass is 314 g/mol. The zero-order chi connectivity index (χ0) is 13.7. The molecule has 0 amide bonds. The van der Waals surface area contributed by atoms with Crippen LogP contribution in [0.1, 0.15) is 22.3 Å². The average Bonchev–Trinajstić information content (AvgIpc) is 2.42. The SMILES string of the molecule is Cc1ccc(CNCc2ccc(C#N)cc2)c(Br)c1. The number of nitrogens with zero attached hydrogens (tertiary/aromatic N) is 1. The van der Waals surface area contributed by atoms with Crippen LogP contribution in [0.3, 0.4) is 0 Å². The van der Waals surface area contributed by atoms with Gasteiger partial charge in [0.15, 0.2) is 0 Å². The quantitative estimate of drug-likeness (QED) is 0.928. The van der Waals surface area contributed by atoms with Crippen molar-refractivity contribution in [1.29, 1.82) is 5.26 Å². The Labute approximate surface area is 122 Å². The van der Waals surface area contributed by atoms with E-state index in [0.29, 0.717) is 5.56 Å². The molecule has 2 aromatic carbocycles. The van der Waals surface area contributed by atoms with Gasteiger partial charge in [-0.15, -0.1) is 0 Å². The number of nitriles is 1. The Hall–Kier alpha value is -1.63. The summed E-state index contributed by atoms with van der Waals surface area (Å²) in [5, 5.41) is 12.1. The molecule has 0 heterocycles. The lowest BCUT2D eigenvalue weighted by Crippen LogP contribution is -2.13. The summed E-state index contributed by atoms with van der Waals surface area (Å²) in [5.41, 5.74) is 4.38. The van der Waals surface area contributed by atoms with Gasteiger partial charge in [-0.25, -0.2) is 0 Å². The van der Waals surface area contributed by atoms with Gasteiger partial charge in [0.25, 0.3) is 0 Å². The summed E-state index contributed by atoms with van der Waals surface area (Å²) in [7, 11) is 0. The van der Waals surface area contributed by atoms with E-state index in [0.717, 1.165) is 17.6 Å². The van der Waals surface area contributed by atoms with E-state index in [9.17, 15) is 0 Å². The molecule has 0 saturated heterocycles. The average molecular weight is 315 g/mol. The van der Waals surface area contributed by atoms with Crippen LogP contribution >= 0.6 is 15.9 Å². The number of rotatable bonds is 4. The first kappa shape index (κ1) is 13.8. The highest BCUT2D eigenvalue weighted by Gasteiger charge is 2.00. The Bertz CT molecular complexity index is 597. The van der Waals surface area contributed by atoms with Gasteiger partial charge in [-0.05, 0) is 41.8 Å². The van der Waals surface area contributed by atoms with Crippen LogP contribution < -0.4 is 5.32 Å². The summed E-state index contributed by atoms with van der Waals surface area (Å²) in [6.07, 6.45) is 0. The summed E-state index contributed by atoms with van der Waals surface area (Å²) >= 11 is 3.58. The molecule has 2 nitrogen and oxygen atoms in total. The summed E-state index contributed by atoms with van der Waals surface area (Å²) in [5.74, 6) is 0. The van der Waals surface area contributed by atoms with Crippen molar-refractivity contribution >= 4 is 15.9 Å². The minimum absolute atomic E-state index is 0.699. The van der Waals surface area contributed by atoms with Gasteiger partial charge >= 0.3 is 0 Å². The molecule has 96 valence electrons. The molecule has 2 rings (SSSR count). The first-order chi connectivity index (χ1) is 9.19. The van der Waals surface area contributed by atoms with E-state index < -0.39 is 0 Å². The van der Waals surface area contributed by atoms with Crippen molar-refractivity contribution in [3.8, 4) is 6.07 Å². The van der Waals surface area contributed by atoms with Crippen LogP contribution in [0.2, 0.25) is 0 Å². The highest BCUT2D eigenvalue weighted by Crippen LogP contribution is 2.18.